The van der Waals surface area contributed by atoms with Gasteiger partial charge in [-0.15, -0.1) is 32.9 Å². The van der Waals surface area contributed by atoms with Crippen LogP contribution >= 0.6 is 34.4 Å². The Labute approximate surface area is 186 Å². The Hall–Kier alpha value is -2.93. The summed E-state index contributed by atoms with van der Waals surface area (Å²) in [5.41, 5.74) is 1.42. The number of carbonyl (C=O) groups excluding carboxylic acids is 1. The molecular formula is C21H17N5OS3. The quantitative estimate of drug-likeness (QED) is 0.401. The molecule has 150 valence electrons. The lowest BCUT2D eigenvalue weighted by Gasteiger charge is -2.13. The molecule has 1 aromatic carbocycles. The summed E-state index contributed by atoms with van der Waals surface area (Å²) in [4.78, 5) is 13.9. The lowest BCUT2D eigenvalue weighted by molar-refractivity contribution is -0.115. The summed E-state index contributed by atoms with van der Waals surface area (Å²) in [6, 6.07) is 17.8. The number of nitrogens with zero attached hydrogens (tertiary/aromatic N) is 4. The van der Waals surface area contributed by atoms with Gasteiger partial charge in [0.25, 0.3) is 0 Å². The molecule has 0 aliphatic rings. The molecule has 30 heavy (non-hydrogen) atoms. The molecule has 1 unspecified atom stereocenters. The normalized spacial score (nSPS) is 11.7. The maximum absolute atomic E-state index is 12.7. The van der Waals surface area contributed by atoms with Crippen LogP contribution in [0.25, 0.3) is 5.69 Å². The molecule has 1 amide bonds. The first-order valence-corrected chi connectivity index (χ1v) is 11.8. The van der Waals surface area contributed by atoms with Gasteiger partial charge in [0.05, 0.1) is 10.8 Å². The van der Waals surface area contributed by atoms with Crippen molar-refractivity contribution in [2.75, 3.05) is 5.32 Å². The number of benzene rings is 1. The van der Waals surface area contributed by atoms with Crippen molar-refractivity contribution in [1.82, 2.24) is 14.8 Å². The second-order valence-corrected chi connectivity index (χ2v) is 9.61. The van der Waals surface area contributed by atoms with Gasteiger partial charge in [0.1, 0.15) is 16.9 Å². The van der Waals surface area contributed by atoms with Crippen molar-refractivity contribution >= 4 is 45.3 Å². The maximum Gasteiger partial charge on any atom is 0.238 e. The van der Waals surface area contributed by atoms with Gasteiger partial charge in [-0.1, -0.05) is 36.0 Å². The summed E-state index contributed by atoms with van der Waals surface area (Å²) in [5, 5.41) is 25.4. The minimum absolute atomic E-state index is 0.179. The van der Waals surface area contributed by atoms with E-state index in [0.29, 0.717) is 22.1 Å². The highest BCUT2D eigenvalue weighted by Gasteiger charge is 2.22. The largest absolute Gasteiger partial charge is 0.316 e. The number of para-hydroxylation sites is 1. The SMILES string of the molecule is CC(Sc1nnc(Cc2cccs2)n1-c1ccccc1)C(=O)Nc1sccc1C#N. The number of thiophene rings is 2. The number of nitrogens with one attached hydrogen (secondary N) is 1. The zero-order valence-corrected chi connectivity index (χ0v) is 18.4. The van der Waals surface area contributed by atoms with Crippen LogP contribution in [0.4, 0.5) is 5.00 Å². The van der Waals surface area contributed by atoms with Crippen LogP contribution in [0, 0.1) is 11.3 Å². The van der Waals surface area contributed by atoms with E-state index < -0.39 is 5.25 Å². The van der Waals surface area contributed by atoms with E-state index in [2.05, 4.69) is 27.6 Å². The van der Waals surface area contributed by atoms with Crippen molar-refractivity contribution in [3.05, 3.63) is 75.6 Å². The topological polar surface area (TPSA) is 83.6 Å². The predicted octanol–water partition coefficient (Wildman–Crippen LogP) is 4.97. The van der Waals surface area contributed by atoms with E-state index in [0.717, 1.165) is 11.5 Å². The maximum atomic E-state index is 12.7. The van der Waals surface area contributed by atoms with Crippen LogP contribution in [0.15, 0.2) is 64.4 Å². The number of hydrogen-bond acceptors (Lipinski definition) is 7. The fourth-order valence-electron chi connectivity index (χ4n) is 2.82. The molecule has 3 aromatic heterocycles. The van der Waals surface area contributed by atoms with Gasteiger partial charge in [-0.25, -0.2) is 0 Å². The Bertz CT molecular complexity index is 1180. The molecule has 0 aliphatic heterocycles. The first-order chi connectivity index (χ1) is 14.7. The van der Waals surface area contributed by atoms with E-state index in [1.807, 2.05) is 53.3 Å². The van der Waals surface area contributed by atoms with Crippen LogP contribution in [0.2, 0.25) is 0 Å². The monoisotopic (exact) mass is 451 g/mol. The van der Waals surface area contributed by atoms with Gasteiger partial charge >= 0.3 is 0 Å². The van der Waals surface area contributed by atoms with E-state index in [9.17, 15) is 4.79 Å². The number of aromatic nitrogens is 3. The lowest BCUT2D eigenvalue weighted by atomic mass is 10.3. The smallest absolute Gasteiger partial charge is 0.238 e. The fraction of sp³-hybridized carbons (Fsp3) is 0.143. The summed E-state index contributed by atoms with van der Waals surface area (Å²) in [7, 11) is 0. The van der Waals surface area contributed by atoms with Gasteiger partial charge in [0.15, 0.2) is 5.16 Å². The molecule has 3 heterocycles. The van der Waals surface area contributed by atoms with E-state index >= 15 is 0 Å². The third kappa shape index (κ3) is 4.46. The van der Waals surface area contributed by atoms with Gasteiger partial charge in [-0.05, 0) is 41.9 Å². The third-order valence-electron chi connectivity index (χ3n) is 4.30. The Morgan fingerprint density at radius 1 is 1.17 bits per heavy atom. The third-order valence-corrected chi connectivity index (χ3v) is 7.05. The molecule has 4 rings (SSSR count). The van der Waals surface area contributed by atoms with Gasteiger partial charge in [0.2, 0.25) is 5.91 Å². The van der Waals surface area contributed by atoms with Crippen LogP contribution in [-0.2, 0) is 11.2 Å². The highest BCUT2D eigenvalue weighted by Crippen LogP contribution is 2.29. The molecule has 0 saturated carbocycles. The summed E-state index contributed by atoms with van der Waals surface area (Å²) in [6.45, 7) is 1.82. The van der Waals surface area contributed by atoms with Gasteiger partial charge in [0, 0.05) is 17.0 Å². The summed E-state index contributed by atoms with van der Waals surface area (Å²) in [5.74, 6) is 0.644. The van der Waals surface area contributed by atoms with E-state index in [1.165, 1.54) is 28.0 Å². The van der Waals surface area contributed by atoms with Crippen molar-refractivity contribution < 1.29 is 4.79 Å². The van der Waals surface area contributed by atoms with Crippen LogP contribution in [0.5, 0.6) is 0 Å². The second-order valence-electron chi connectivity index (χ2n) is 6.35. The highest BCUT2D eigenvalue weighted by molar-refractivity contribution is 8.00. The van der Waals surface area contributed by atoms with Gasteiger partial charge < -0.3 is 5.32 Å². The Morgan fingerprint density at radius 2 is 2.00 bits per heavy atom. The van der Waals surface area contributed by atoms with Crippen LogP contribution < -0.4 is 5.32 Å². The number of nitriles is 1. The van der Waals surface area contributed by atoms with Gasteiger partial charge in [-0.3, -0.25) is 9.36 Å². The molecule has 1 N–H and O–H groups in total. The molecule has 0 spiro atoms. The summed E-state index contributed by atoms with van der Waals surface area (Å²) < 4.78 is 2.00. The molecule has 0 aliphatic carbocycles. The standard InChI is InChI=1S/C21H17N5OS3/c1-14(19(27)23-20-15(13-22)9-11-29-20)30-21-25-24-18(12-17-8-5-10-28-17)26(21)16-6-3-2-4-7-16/h2-11,14H,12H2,1H3,(H,23,27). The molecule has 0 saturated heterocycles. The van der Waals surface area contributed by atoms with Gasteiger partial charge in [-0.2, -0.15) is 5.26 Å². The molecule has 0 fully saturated rings. The fourth-order valence-corrected chi connectivity index (χ4v) is 5.14. The molecule has 1 atom stereocenters. The lowest BCUT2D eigenvalue weighted by Crippen LogP contribution is -2.22. The van der Waals surface area contributed by atoms with Crippen molar-refractivity contribution in [1.29, 1.82) is 5.26 Å². The predicted molar refractivity (Wildman–Crippen MR) is 121 cm³/mol. The average Bonchev–Trinajstić information content (AvgIpc) is 3.51. The minimum atomic E-state index is -0.417. The average molecular weight is 452 g/mol. The highest BCUT2D eigenvalue weighted by atomic mass is 32.2. The zero-order valence-electron chi connectivity index (χ0n) is 16.0. The van der Waals surface area contributed by atoms with Crippen molar-refractivity contribution in [2.45, 2.75) is 23.8 Å². The summed E-state index contributed by atoms with van der Waals surface area (Å²) >= 11 is 4.36. The van der Waals surface area contributed by atoms with Crippen LogP contribution in [0.3, 0.4) is 0 Å². The number of carbonyl (C=O) groups is 1. The molecule has 6 nitrogen and oxygen atoms in total. The molecule has 4 aromatic rings. The molecular weight excluding hydrogens is 434 g/mol. The van der Waals surface area contributed by atoms with Crippen molar-refractivity contribution in [3.63, 3.8) is 0 Å². The van der Waals surface area contributed by atoms with Crippen molar-refractivity contribution in [3.8, 4) is 11.8 Å². The van der Waals surface area contributed by atoms with Crippen LogP contribution in [-0.4, -0.2) is 25.9 Å². The number of hydrogen-bond donors (Lipinski definition) is 1. The number of amides is 1. The van der Waals surface area contributed by atoms with E-state index in [1.54, 1.807) is 22.8 Å². The Morgan fingerprint density at radius 3 is 2.73 bits per heavy atom. The van der Waals surface area contributed by atoms with Crippen LogP contribution in [0.1, 0.15) is 23.2 Å². The van der Waals surface area contributed by atoms with Crippen molar-refractivity contribution in [2.24, 2.45) is 0 Å². The summed E-state index contributed by atoms with van der Waals surface area (Å²) in [6.07, 6.45) is 0.668. The Kier molecular flexibility index (Phi) is 6.28. The van der Waals surface area contributed by atoms with E-state index in [4.69, 9.17) is 5.26 Å². The molecule has 0 bridgehead atoms. The second kappa shape index (κ2) is 9.26. The molecule has 0 radical (unpaired) electrons. The zero-order chi connectivity index (χ0) is 20.9. The van der Waals surface area contributed by atoms with E-state index in [-0.39, 0.29) is 5.91 Å². The number of thioether (sulfide) groups is 1. The first kappa shape index (κ1) is 20.3. The molecule has 9 heteroatoms. The first-order valence-electron chi connectivity index (χ1n) is 9.13. The number of rotatable bonds is 7. The minimum Gasteiger partial charge on any atom is -0.316 e. The Balaban J connectivity index is 1.58. The number of anilines is 1.